The average Bonchev–Trinajstić information content (AvgIpc) is 3.01. The van der Waals surface area contributed by atoms with Crippen LogP contribution in [0.4, 0.5) is 10.5 Å². The van der Waals surface area contributed by atoms with Gasteiger partial charge in [-0.25, -0.2) is 17.5 Å². The quantitative estimate of drug-likeness (QED) is 0.505. The first-order valence-corrected chi connectivity index (χ1v) is 8.09. The van der Waals surface area contributed by atoms with Gasteiger partial charge in [0.15, 0.2) is 0 Å². The molecule has 9 nitrogen and oxygen atoms in total. The number of benzene rings is 1. The molecule has 0 atom stereocenters. The number of thiophene rings is 1. The second-order valence-corrected chi connectivity index (χ2v) is 7.58. The molecule has 1 aliphatic rings. The molecule has 1 N–H and O–H groups in total. The Balaban J connectivity index is 2.08. The molecule has 22 heavy (non-hydrogen) atoms. The van der Waals surface area contributed by atoms with Gasteiger partial charge in [-0.3, -0.25) is 20.2 Å². The lowest BCUT2D eigenvalue weighted by Crippen LogP contribution is -2.33. The van der Waals surface area contributed by atoms with Crippen molar-refractivity contribution in [2.24, 2.45) is 0 Å². The summed E-state index contributed by atoms with van der Waals surface area (Å²) in [7, 11) is -4.17. The van der Waals surface area contributed by atoms with Crippen LogP contribution in [0.3, 0.4) is 0 Å². The van der Waals surface area contributed by atoms with E-state index >= 15 is 0 Å². The van der Waals surface area contributed by atoms with Crippen LogP contribution in [0.5, 0.6) is 0 Å². The summed E-state index contributed by atoms with van der Waals surface area (Å²) >= 11 is 0.871. The van der Waals surface area contributed by atoms with Gasteiger partial charge in [0, 0.05) is 22.2 Å². The van der Waals surface area contributed by atoms with Gasteiger partial charge in [0.25, 0.3) is 15.7 Å². The van der Waals surface area contributed by atoms with Crippen LogP contribution in [0.25, 0.3) is 10.1 Å². The Morgan fingerprint density at radius 3 is 2.59 bits per heavy atom. The van der Waals surface area contributed by atoms with Crippen LogP contribution < -0.4 is 5.32 Å². The van der Waals surface area contributed by atoms with E-state index in [4.69, 9.17) is 0 Å². The minimum Gasteiger partial charge on any atom is -0.275 e. The van der Waals surface area contributed by atoms with Gasteiger partial charge in [0.2, 0.25) is 5.91 Å². The zero-order valence-electron chi connectivity index (χ0n) is 10.7. The van der Waals surface area contributed by atoms with Gasteiger partial charge in [0.1, 0.15) is 10.8 Å². The van der Waals surface area contributed by atoms with Crippen molar-refractivity contribution in [1.82, 2.24) is 9.62 Å². The number of fused-ring (bicyclic) bond motifs is 1. The molecule has 1 aliphatic heterocycles. The number of nitro benzene ring substituents is 1. The fraction of sp³-hybridized carbons (Fsp3) is 0.0909. The summed E-state index contributed by atoms with van der Waals surface area (Å²) in [5.74, 6) is -0.703. The molecule has 3 rings (SSSR count). The van der Waals surface area contributed by atoms with E-state index in [1.165, 1.54) is 24.3 Å². The highest BCUT2D eigenvalue weighted by molar-refractivity contribution is 7.92. The third-order valence-electron chi connectivity index (χ3n) is 2.99. The molecule has 2 aromatic rings. The fourth-order valence-corrected chi connectivity index (χ4v) is 4.75. The van der Waals surface area contributed by atoms with Crippen LogP contribution in [0.2, 0.25) is 0 Å². The molecule has 0 spiro atoms. The molecule has 0 bridgehead atoms. The van der Waals surface area contributed by atoms with Gasteiger partial charge in [-0.1, -0.05) is 0 Å². The number of carbonyl (C=O) groups excluding carboxylic acids is 2. The standard InChI is InChI=1S/C11H7N3O6S2/c15-9-5-13(11(16)12-9)22(19,20)10-4-6-3-7(14(17)18)1-2-8(6)21-10/h1-4H,5H2,(H,12,15,16). The second kappa shape index (κ2) is 4.74. The van der Waals surface area contributed by atoms with Gasteiger partial charge in [0.05, 0.1) is 4.92 Å². The van der Waals surface area contributed by atoms with Crippen molar-refractivity contribution < 1.29 is 22.9 Å². The van der Waals surface area contributed by atoms with Gasteiger partial charge in [-0.05, 0) is 12.1 Å². The summed E-state index contributed by atoms with van der Waals surface area (Å²) < 4.78 is 25.5. The van der Waals surface area contributed by atoms with Crippen LogP contribution in [0, 0.1) is 10.1 Å². The zero-order chi connectivity index (χ0) is 16.1. The van der Waals surface area contributed by atoms with E-state index in [2.05, 4.69) is 0 Å². The average molecular weight is 341 g/mol. The number of urea groups is 1. The first kappa shape index (κ1) is 14.4. The van der Waals surface area contributed by atoms with Crippen LogP contribution in [-0.2, 0) is 14.8 Å². The van der Waals surface area contributed by atoms with Gasteiger partial charge >= 0.3 is 6.03 Å². The minimum atomic E-state index is -4.17. The number of imide groups is 1. The summed E-state index contributed by atoms with van der Waals surface area (Å²) in [4.78, 5) is 32.8. The molecular formula is C11H7N3O6S2. The highest BCUT2D eigenvalue weighted by Crippen LogP contribution is 2.33. The Morgan fingerprint density at radius 1 is 1.27 bits per heavy atom. The SMILES string of the molecule is O=C1CN(S(=O)(=O)c2cc3cc([N+](=O)[O-])ccc3s2)C(=O)N1. The monoisotopic (exact) mass is 341 g/mol. The Hall–Kier alpha value is -2.53. The molecule has 0 aliphatic carbocycles. The van der Waals surface area contributed by atoms with Crippen molar-refractivity contribution in [1.29, 1.82) is 0 Å². The van der Waals surface area contributed by atoms with Crippen molar-refractivity contribution in [2.75, 3.05) is 6.54 Å². The maximum Gasteiger partial charge on any atom is 0.338 e. The smallest absolute Gasteiger partial charge is 0.275 e. The summed E-state index contributed by atoms with van der Waals surface area (Å²) in [6.07, 6.45) is 0. The summed E-state index contributed by atoms with van der Waals surface area (Å²) in [5, 5.41) is 13.0. The lowest BCUT2D eigenvalue weighted by Gasteiger charge is -2.11. The van der Waals surface area contributed by atoms with Crippen molar-refractivity contribution in [3.63, 3.8) is 0 Å². The molecule has 114 valence electrons. The number of nitrogens with zero attached hydrogens (tertiary/aromatic N) is 2. The molecule has 11 heteroatoms. The Bertz CT molecular complexity index is 932. The van der Waals surface area contributed by atoms with E-state index in [1.807, 2.05) is 5.32 Å². The number of carbonyl (C=O) groups is 2. The molecule has 0 saturated carbocycles. The number of hydrogen-bond acceptors (Lipinski definition) is 7. The van der Waals surface area contributed by atoms with Crippen LogP contribution >= 0.6 is 11.3 Å². The zero-order valence-corrected chi connectivity index (χ0v) is 12.3. The van der Waals surface area contributed by atoms with Gasteiger partial charge < -0.3 is 0 Å². The normalized spacial score (nSPS) is 15.4. The lowest BCUT2D eigenvalue weighted by atomic mass is 10.2. The van der Waals surface area contributed by atoms with Crippen LogP contribution in [0.15, 0.2) is 28.5 Å². The highest BCUT2D eigenvalue weighted by atomic mass is 32.2. The van der Waals surface area contributed by atoms with Crippen LogP contribution in [-0.4, -0.2) is 36.1 Å². The molecule has 1 saturated heterocycles. The molecule has 0 radical (unpaired) electrons. The van der Waals surface area contributed by atoms with Crippen LogP contribution in [0.1, 0.15) is 0 Å². The Kier molecular flexibility index (Phi) is 3.11. The predicted molar refractivity (Wildman–Crippen MR) is 75.9 cm³/mol. The van der Waals surface area contributed by atoms with E-state index in [-0.39, 0.29) is 9.90 Å². The largest absolute Gasteiger partial charge is 0.338 e. The minimum absolute atomic E-state index is 0.159. The van der Waals surface area contributed by atoms with E-state index < -0.39 is 33.4 Å². The number of sulfonamides is 1. The molecule has 3 amide bonds. The third kappa shape index (κ3) is 2.19. The molecule has 0 unspecified atom stereocenters. The molecule has 1 fully saturated rings. The number of rotatable bonds is 3. The van der Waals surface area contributed by atoms with Crippen molar-refractivity contribution in [3.8, 4) is 0 Å². The number of non-ortho nitro benzene ring substituents is 1. The summed E-state index contributed by atoms with van der Waals surface area (Å²) in [6.45, 7) is -0.574. The van der Waals surface area contributed by atoms with E-state index in [1.54, 1.807) is 0 Å². The van der Waals surface area contributed by atoms with Crippen molar-refractivity contribution >= 4 is 49.1 Å². The van der Waals surface area contributed by atoms with E-state index in [9.17, 15) is 28.1 Å². The molecule has 1 aromatic carbocycles. The summed E-state index contributed by atoms with van der Waals surface area (Å²) in [6, 6.07) is 4.19. The van der Waals surface area contributed by atoms with E-state index in [0.717, 1.165) is 11.3 Å². The van der Waals surface area contributed by atoms with Crippen molar-refractivity contribution in [2.45, 2.75) is 4.21 Å². The molecular weight excluding hydrogens is 334 g/mol. The first-order chi connectivity index (χ1) is 10.3. The molecule has 2 heterocycles. The lowest BCUT2D eigenvalue weighted by molar-refractivity contribution is -0.384. The predicted octanol–water partition coefficient (Wildman–Crippen LogP) is 1.05. The van der Waals surface area contributed by atoms with E-state index in [0.29, 0.717) is 14.4 Å². The maximum atomic E-state index is 12.4. The Morgan fingerprint density at radius 2 is 2.00 bits per heavy atom. The van der Waals surface area contributed by atoms with Gasteiger partial charge in [-0.2, -0.15) is 0 Å². The van der Waals surface area contributed by atoms with Crippen molar-refractivity contribution in [3.05, 3.63) is 34.4 Å². The topological polar surface area (TPSA) is 127 Å². The highest BCUT2D eigenvalue weighted by Gasteiger charge is 2.38. The molecule has 1 aromatic heterocycles. The second-order valence-electron chi connectivity index (χ2n) is 4.41. The number of hydrogen-bond donors (Lipinski definition) is 1. The Labute approximate surface area is 127 Å². The fourth-order valence-electron chi connectivity index (χ4n) is 1.97. The number of nitro groups is 1. The maximum absolute atomic E-state index is 12.4. The third-order valence-corrected chi connectivity index (χ3v) is 6.29. The summed E-state index contributed by atoms with van der Waals surface area (Å²) in [5.41, 5.74) is -0.164. The number of nitrogens with one attached hydrogen (secondary N) is 1. The van der Waals surface area contributed by atoms with Gasteiger partial charge in [-0.15, -0.1) is 11.3 Å². The first-order valence-electron chi connectivity index (χ1n) is 5.83. The number of amides is 3.